The van der Waals surface area contributed by atoms with Crippen LogP contribution in [0.4, 0.5) is 11.6 Å². The highest BCUT2D eigenvalue weighted by Crippen LogP contribution is 2.27. The second-order valence-corrected chi connectivity index (χ2v) is 9.21. The number of piperazine rings is 1. The molecule has 0 amide bonds. The van der Waals surface area contributed by atoms with Crippen LogP contribution in [0.15, 0.2) is 73.6 Å². The van der Waals surface area contributed by atoms with Gasteiger partial charge >= 0.3 is 0 Å². The summed E-state index contributed by atoms with van der Waals surface area (Å²) >= 11 is 0. The highest BCUT2D eigenvalue weighted by Gasteiger charge is 2.21. The average Bonchev–Trinajstić information content (AvgIpc) is 3.52. The number of aromatic nitrogens is 6. The summed E-state index contributed by atoms with van der Waals surface area (Å²) in [4.78, 5) is 14.0. The van der Waals surface area contributed by atoms with Gasteiger partial charge in [-0.25, -0.2) is 14.5 Å². The van der Waals surface area contributed by atoms with E-state index in [1.165, 1.54) is 11.1 Å². The van der Waals surface area contributed by atoms with Crippen molar-refractivity contribution in [1.82, 2.24) is 29.4 Å². The first-order valence-electron chi connectivity index (χ1n) is 12.0. The van der Waals surface area contributed by atoms with Crippen LogP contribution in [-0.4, -0.2) is 55.5 Å². The van der Waals surface area contributed by atoms with Gasteiger partial charge in [-0.2, -0.15) is 10.2 Å². The number of aryl methyl sites for hydroxylation is 2. The van der Waals surface area contributed by atoms with Gasteiger partial charge in [0.25, 0.3) is 0 Å². The van der Waals surface area contributed by atoms with E-state index in [-0.39, 0.29) is 0 Å². The summed E-state index contributed by atoms with van der Waals surface area (Å²) in [5.41, 5.74) is 8.16. The lowest BCUT2D eigenvalue weighted by Gasteiger charge is -2.35. The average molecular weight is 465 g/mol. The number of pyridine rings is 1. The van der Waals surface area contributed by atoms with Gasteiger partial charge in [0.2, 0.25) is 5.95 Å². The van der Waals surface area contributed by atoms with Gasteiger partial charge in [0.1, 0.15) is 0 Å². The molecule has 0 N–H and O–H groups in total. The molecule has 6 rings (SSSR count). The molecule has 0 bridgehead atoms. The Hall–Kier alpha value is -4.20. The highest BCUT2D eigenvalue weighted by atomic mass is 15.3. The first-order chi connectivity index (χ1) is 17.1. The van der Waals surface area contributed by atoms with Crippen LogP contribution in [0.1, 0.15) is 16.7 Å². The van der Waals surface area contributed by atoms with E-state index in [1.807, 2.05) is 47.2 Å². The first kappa shape index (κ1) is 21.3. The van der Waals surface area contributed by atoms with Crippen LogP contribution in [0.3, 0.4) is 0 Å². The number of hydrogen-bond donors (Lipinski definition) is 0. The van der Waals surface area contributed by atoms with Crippen molar-refractivity contribution in [2.45, 2.75) is 13.3 Å². The normalized spacial score (nSPS) is 14.1. The van der Waals surface area contributed by atoms with Crippen molar-refractivity contribution in [1.29, 1.82) is 0 Å². The molecule has 1 aliphatic rings. The van der Waals surface area contributed by atoms with Gasteiger partial charge in [-0.1, -0.05) is 35.9 Å². The molecule has 5 heterocycles. The molecule has 8 heteroatoms. The van der Waals surface area contributed by atoms with E-state index in [2.05, 4.69) is 79.5 Å². The first-order valence-corrected chi connectivity index (χ1v) is 12.0. The highest BCUT2D eigenvalue weighted by molar-refractivity contribution is 5.75. The molecule has 0 spiro atoms. The lowest BCUT2D eigenvalue weighted by atomic mass is 10.1. The summed E-state index contributed by atoms with van der Waals surface area (Å²) in [5.74, 6) is 0.804. The molecule has 0 saturated carbocycles. The lowest BCUT2D eigenvalue weighted by molar-refractivity contribution is 0.641. The minimum atomic E-state index is 0.804. The zero-order valence-corrected chi connectivity index (χ0v) is 20.0. The number of nitrogens with zero attached hydrogens (tertiary/aromatic N) is 8. The molecule has 35 heavy (non-hydrogen) atoms. The molecule has 0 unspecified atom stereocenters. The van der Waals surface area contributed by atoms with Gasteiger partial charge in [0.05, 0.1) is 23.6 Å². The smallest absolute Gasteiger partial charge is 0.225 e. The Labute approximate surface area is 204 Å². The summed E-state index contributed by atoms with van der Waals surface area (Å²) in [5, 5.41) is 8.90. The summed E-state index contributed by atoms with van der Waals surface area (Å²) in [6.45, 7) is 5.67. The maximum atomic E-state index is 4.67. The SMILES string of the molecule is Cc1ccc(Cc2cnc(N3CCN(c4cnn5cc(-c6cnn(C)c6)ccc45)CC3)nc2)cc1. The molecule has 1 aromatic carbocycles. The predicted molar refractivity (Wildman–Crippen MR) is 138 cm³/mol. The lowest BCUT2D eigenvalue weighted by Crippen LogP contribution is -2.47. The molecule has 176 valence electrons. The Morgan fingerprint density at radius 3 is 2.17 bits per heavy atom. The van der Waals surface area contributed by atoms with Crippen LogP contribution in [0.5, 0.6) is 0 Å². The fraction of sp³-hybridized carbons (Fsp3) is 0.259. The molecule has 0 radical (unpaired) electrons. The van der Waals surface area contributed by atoms with E-state index in [9.17, 15) is 0 Å². The summed E-state index contributed by atoms with van der Waals surface area (Å²) in [7, 11) is 1.93. The van der Waals surface area contributed by atoms with Gasteiger partial charge in [-0.05, 0) is 24.1 Å². The Kier molecular flexibility index (Phi) is 5.41. The maximum absolute atomic E-state index is 4.67. The summed E-state index contributed by atoms with van der Waals surface area (Å²) in [6.07, 6.45) is 12.7. The second-order valence-electron chi connectivity index (χ2n) is 9.21. The minimum Gasteiger partial charge on any atom is -0.365 e. The fourth-order valence-corrected chi connectivity index (χ4v) is 4.65. The van der Waals surface area contributed by atoms with Crippen molar-refractivity contribution >= 4 is 17.2 Å². The second kappa shape index (κ2) is 8.87. The van der Waals surface area contributed by atoms with E-state index in [0.717, 1.165) is 66.4 Å². The van der Waals surface area contributed by atoms with Gasteiger partial charge in [-0.3, -0.25) is 4.68 Å². The van der Waals surface area contributed by atoms with Crippen molar-refractivity contribution in [3.8, 4) is 11.1 Å². The van der Waals surface area contributed by atoms with Gasteiger partial charge < -0.3 is 9.80 Å². The zero-order valence-electron chi connectivity index (χ0n) is 20.0. The molecule has 4 aromatic heterocycles. The molecule has 1 saturated heterocycles. The van der Waals surface area contributed by atoms with Crippen LogP contribution < -0.4 is 9.80 Å². The van der Waals surface area contributed by atoms with Crippen molar-refractivity contribution in [2.24, 2.45) is 7.05 Å². The zero-order chi connectivity index (χ0) is 23.8. The van der Waals surface area contributed by atoms with E-state index < -0.39 is 0 Å². The van der Waals surface area contributed by atoms with Gasteiger partial charge in [-0.15, -0.1) is 0 Å². The monoisotopic (exact) mass is 464 g/mol. The third kappa shape index (κ3) is 4.35. The van der Waals surface area contributed by atoms with E-state index >= 15 is 0 Å². The molecular weight excluding hydrogens is 436 g/mol. The van der Waals surface area contributed by atoms with Crippen molar-refractivity contribution in [3.63, 3.8) is 0 Å². The van der Waals surface area contributed by atoms with Crippen molar-refractivity contribution in [3.05, 3.63) is 90.3 Å². The van der Waals surface area contributed by atoms with E-state index in [4.69, 9.17) is 0 Å². The third-order valence-corrected chi connectivity index (χ3v) is 6.66. The Morgan fingerprint density at radius 1 is 0.714 bits per heavy atom. The number of anilines is 2. The van der Waals surface area contributed by atoms with E-state index in [1.54, 1.807) is 0 Å². The molecular formula is C27H28N8. The van der Waals surface area contributed by atoms with Crippen LogP contribution in [0.25, 0.3) is 16.6 Å². The molecule has 5 aromatic rings. The number of rotatable bonds is 5. The standard InChI is InChI=1S/C27H28N8/c1-20-3-5-21(6-4-20)13-22-14-28-27(29-15-22)34-11-9-33(10-12-34)26-17-31-35-19-23(7-8-25(26)35)24-16-30-32(2)18-24/h3-8,14-19H,9-13H2,1-2H3. The molecule has 0 atom stereocenters. The molecule has 1 aliphatic heterocycles. The number of fused-ring (bicyclic) bond motifs is 1. The summed E-state index contributed by atoms with van der Waals surface area (Å²) < 4.78 is 3.77. The summed E-state index contributed by atoms with van der Waals surface area (Å²) in [6, 6.07) is 12.9. The number of hydrogen-bond acceptors (Lipinski definition) is 6. The van der Waals surface area contributed by atoms with Crippen LogP contribution >= 0.6 is 0 Å². The Bertz CT molecular complexity index is 1440. The number of benzene rings is 1. The molecule has 1 fully saturated rings. The van der Waals surface area contributed by atoms with Crippen molar-refractivity contribution in [2.75, 3.05) is 36.0 Å². The fourth-order valence-electron chi connectivity index (χ4n) is 4.65. The van der Waals surface area contributed by atoms with Gasteiger partial charge in [0.15, 0.2) is 0 Å². The van der Waals surface area contributed by atoms with Crippen LogP contribution in [0, 0.1) is 6.92 Å². The Morgan fingerprint density at radius 2 is 1.46 bits per heavy atom. The van der Waals surface area contributed by atoms with E-state index in [0.29, 0.717) is 0 Å². The third-order valence-electron chi connectivity index (χ3n) is 6.66. The maximum Gasteiger partial charge on any atom is 0.225 e. The topological polar surface area (TPSA) is 67.4 Å². The molecule has 0 aliphatic carbocycles. The predicted octanol–water partition coefficient (Wildman–Crippen LogP) is 3.75. The van der Waals surface area contributed by atoms with Gasteiger partial charge in [0, 0.05) is 75.6 Å². The van der Waals surface area contributed by atoms with Crippen LogP contribution in [0.2, 0.25) is 0 Å². The van der Waals surface area contributed by atoms with Crippen LogP contribution in [-0.2, 0) is 13.5 Å². The van der Waals surface area contributed by atoms with Crippen molar-refractivity contribution < 1.29 is 0 Å². The molecule has 8 nitrogen and oxygen atoms in total. The Balaban J connectivity index is 1.11. The minimum absolute atomic E-state index is 0.804. The quantitative estimate of drug-likeness (QED) is 0.395. The largest absolute Gasteiger partial charge is 0.365 e.